The molecule has 32 heavy (non-hydrogen) atoms. The number of carbonyl (C=O) groups excluding carboxylic acids is 1. The molecule has 0 unspecified atom stereocenters. The first-order chi connectivity index (χ1) is 15.4. The van der Waals surface area contributed by atoms with Crippen LogP contribution in [0.15, 0.2) is 71.7 Å². The summed E-state index contributed by atoms with van der Waals surface area (Å²) in [5, 5.41) is 0.451. The number of hydrogen-bond donors (Lipinski definition) is 0. The van der Waals surface area contributed by atoms with Crippen LogP contribution in [0.4, 0.5) is 0 Å². The Morgan fingerprint density at radius 3 is 2.19 bits per heavy atom. The summed E-state index contributed by atoms with van der Waals surface area (Å²) in [6, 6.07) is 18.6. The van der Waals surface area contributed by atoms with Crippen molar-refractivity contribution in [2.75, 3.05) is 14.2 Å². The summed E-state index contributed by atoms with van der Waals surface area (Å²) in [7, 11) is 3.18. The van der Waals surface area contributed by atoms with Crippen LogP contribution < -0.4 is 14.9 Å². The van der Waals surface area contributed by atoms with Gasteiger partial charge in [0.1, 0.15) is 11.5 Å². The van der Waals surface area contributed by atoms with E-state index in [0.717, 1.165) is 28.0 Å². The minimum Gasteiger partial charge on any atom is -0.497 e. The molecule has 0 aliphatic heterocycles. The number of pyridine rings is 1. The molecule has 0 aliphatic rings. The fraction of sp³-hybridized carbons (Fsp3) is 0.185. The van der Waals surface area contributed by atoms with Crippen molar-refractivity contribution in [1.29, 1.82) is 0 Å². The molecule has 0 aliphatic carbocycles. The molecule has 0 saturated heterocycles. The summed E-state index contributed by atoms with van der Waals surface area (Å²) in [5.74, 6) is 1.06. The monoisotopic (exact) mass is 427 g/mol. The molecule has 1 aromatic heterocycles. The van der Waals surface area contributed by atoms with Crippen LogP contribution in [0.2, 0.25) is 0 Å². The molecule has 162 valence electrons. The van der Waals surface area contributed by atoms with Gasteiger partial charge in [-0.3, -0.25) is 9.59 Å². The fourth-order valence-corrected chi connectivity index (χ4v) is 3.76. The van der Waals surface area contributed by atoms with Crippen LogP contribution >= 0.6 is 0 Å². The number of hydrogen-bond acceptors (Lipinski definition) is 4. The van der Waals surface area contributed by atoms with Crippen molar-refractivity contribution in [2.45, 2.75) is 20.4 Å². The van der Waals surface area contributed by atoms with E-state index < -0.39 is 0 Å². The van der Waals surface area contributed by atoms with Crippen molar-refractivity contribution in [3.05, 3.63) is 105 Å². The molecule has 0 amide bonds. The first-order valence-corrected chi connectivity index (χ1v) is 10.4. The van der Waals surface area contributed by atoms with Crippen LogP contribution in [0.5, 0.6) is 11.5 Å². The molecular formula is C27H25NO4. The van der Waals surface area contributed by atoms with E-state index in [9.17, 15) is 9.59 Å². The van der Waals surface area contributed by atoms with Gasteiger partial charge in [0.25, 0.3) is 0 Å². The summed E-state index contributed by atoms with van der Waals surface area (Å²) in [4.78, 5) is 26.7. The number of ketones is 1. The number of fused-ring (bicyclic) bond motifs is 1. The van der Waals surface area contributed by atoms with Crippen molar-refractivity contribution < 1.29 is 14.3 Å². The van der Waals surface area contributed by atoms with Gasteiger partial charge in [-0.25, -0.2) is 0 Å². The van der Waals surface area contributed by atoms with Gasteiger partial charge in [-0.1, -0.05) is 24.3 Å². The predicted octanol–water partition coefficient (Wildman–Crippen LogP) is 4.91. The van der Waals surface area contributed by atoms with Gasteiger partial charge >= 0.3 is 0 Å². The van der Waals surface area contributed by atoms with E-state index >= 15 is 0 Å². The van der Waals surface area contributed by atoms with E-state index in [1.165, 1.54) is 0 Å². The van der Waals surface area contributed by atoms with Crippen LogP contribution in [0.1, 0.15) is 32.6 Å². The number of aryl methyl sites for hydroxylation is 2. The van der Waals surface area contributed by atoms with E-state index in [0.29, 0.717) is 23.2 Å². The van der Waals surface area contributed by atoms with Gasteiger partial charge in [0, 0.05) is 18.3 Å². The van der Waals surface area contributed by atoms with Crippen LogP contribution in [-0.2, 0) is 6.54 Å². The zero-order valence-electron chi connectivity index (χ0n) is 18.6. The summed E-state index contributed by atoms with van der Waals surface area (Å²) in [6.45, 7) is 4.45. The van der Waals surface area contributed by atoms with Gasteiger partial charge in [-0.2, -0.15) is 0 Å². The molecular weight excluding hydrogens is 402 g/mol. The largest absolute Gasteiger partial charge is 0.497 e. The van der Waals surface area contributed by atoms with Crippen molar-refractivity contribution in [3.63, 3.8) is 0 Å². The van der Waals surface area contributed by atoms with E-state index in [-0.39, 0.29) is 16.8 Å². The molecule has 0 spiro atoms. The maximum atomic E-state index is 13.4. The SMILES string of the molecule is COc1ccc(Cn2cc(C(=O)c3ccc(C)c(C)c3)c(=O)c3cc(OC)ccc32)cc1. The van der Waals surface area contributed by atoms with Crippen LogP contribution in [0, 0.1) is 13.8 Å². The van der Waals surface area contributed by atoms with Gasteiger partial charge in [0.05, 0.1) is 30.7 Å². The van der Waals surface area contributed by atoms with Gasteiger partial charge in [0.15, 0.2) is 5.78 Å². The van der Waals surface area contributed by atoms with Gasteiger partial charge in [0.2, 0.25) is 5.43 Å². The fourth-order valence-electron chi connectivity index (χ4n) is 3.76. The van der Waals surface area contributed by atoms with Gasteiger partial charge < -0.3 is 14.0 Å². The second kappa shape index (κ2) is 8.71. The normalized spacial score (nSPS) is 10.9. The maximum Gasteiger partial charge on any atom is 0.200 e. The molecule has 0 radical (unpaired) electrons. The highest BCUT2D eigenvalue weighted by Gasteiger charge is 2.18. The number of benzene rings is 3. The van der Waals surface area contributed by atoms with Crippen LogP contribution in [0.25, 0.3) is 10.9 Å². The Kier molecular flexibility index (Phi) is 5.82. The highest BCUT2D eigenvalue weighted by Crippen LogP contribution is 2.22. The second-order valence-corrected chi connectivity index (χ2v) is 7.86. The lowest BCUT2D eigenvalue weighted by Crippen LogP contribution is -2.20. The Morgan fingerprint density at radius 1 is 0.844 bits per heavy atom. The van der Waals surface area contributed by atoms with E-state index in [1.807, 2.05) is 66.9 Å². The Labute approximate surface area is 186 Å². The molecule has 0 bridgehead atoms. The van der Waals surface area contributed by atoms with E-state index in [2.05, 4.69) is 0 Å². The van der Waals surface area contributed by atoms with Crippen molar-refractivity contribution >= 4 is 16.7 Å². The molecule has 4 rings (SSSR count). The minimum absolute atomic E-state index is 0.141. The lowest BCUT2D eigenvalue weighted by Gasteiger charge is -2.15. The van der Waals surface area contributed by atoms with E-state index in [4.69, 9.17) is 9.47 Å². The third-order valence-corrected chi connectivity index (χ3v) is 5.81. The highest BCUT2D eigenvalue weighted by molar-refractivity contribution is 6.10. The average molecular weight is 428 g/mol. The van der Waals surface area contributed by atoms with E-state index in [1.54, 1.807) is 32.5 Å². The molecule has 5 nitrogen and oxygen atoms in total. The zero-order chi connectivity index (χ0) is 22.8. The Hall–Kier alpha value is -3.86. The lowest BCUT2D eigenvalue weighted by atomic mass is 9.98. The van der Waals surface area contributed by atoms with Crippen LogP contribution in [-0.4, -0.2) is 24.6 Å². The molecule has 0 fully saturated rings. The van der Waals surface area contributed by atoms with Crippen LogP contribution in [0.3, 0.4) is 0 Å². The molecule has 0 N–H and O–H groups in total. The quantitative estimate of drug-likeness (QED) is 0.410. The third-order valence-electron chi connectivity index (χ3n) is 5.81. The van der Waals surface area contributed by atoms with Crippen molar-refractivity contribution in [2.24, 2.45) is 0 Å². The zero-order valence-corrected chi connectivity index (χ0v) is 18.6. The van der Waals surface area contributed by atoms with Crippen molar-refractivity contribution in [1.82, 2.24) is 4.57 Å². The summed E-state index contributed by atoms with van der Waals surface area (Å²) >= 11 is 0. The molecule has 1 heterocycles. The number of rotatable bonds is 6. The van der Waals surface area contributed by atoms with Gasteiger partial charge in [-0.15, -0.1) is 0 Å². The maximum absolute atomic E-state index is 13.4. The molecule has 5 heteroatoms. The number of methoxy groups -OCH3 is 2. The number of carbonyl (C=O) groups is 1. The minimum atomic E-state index is -0.298. The lowest BCUT2D eigenvalue weighted by molar-refractivity contribution is 0.103. The standard InChI is InChI=1S/C27H25NO4/c1-17-5-8-20(13-18(17)2)26(29)24-16-28(15-19-6-9-21(31-3)10-7-19)25-12-11-22(32-4)14-23(25)27(24)30/h5-14,16H,15H2,1-4H3. The molecule has 0 saturated carbocycles. The third kappa shape index (κ3) is 4.02. The smallest absolute Gasteiger partial charge is 0.200 e. The molecule has 3 aromatic carbocycles. The Balaban J connectivity index is 1.88. The molecule has 0 atom stereocenters. The Bertz CT molecular complexity index is 1370. The summed E-state index contributed by atoms with van der Waals surface area (Å²) < 4.78 is 12.5. The Morgan fingerprint density at radius 2 is 1.53 bits per heavy atom. The second-order valence-electron chi connectivity index (χ2n) is 7.86. The number of nitrogens with zero attached hydrogens (tertiary/aromatic N) is 1. The molecule has 4 aromatic rings. The highest BCUT2D eigenvalue weighted by atomic mass is 16.5. The first-order valence-electron chi connectivity index (χ1n) is 10.4. The average Bonchev–Trinajstić information content (AvgIpc) is 2.82. The topological polar surface area (TPSA) is 57.5 Å². The first kappa shape index (κ1) is 21.4. The number of aromatic nitrogens is 1. The summed E-state index contributed by atoms with van der Waals surface area (Å²) in [5.41, 5.74) is 4.22. The van der Waals surface area contributed by atoms with Crippen molar-refractivity contribution in [3.8, 4) is 11.5 Å². The number of ether oxygens (including phenoxy) is 2. The van der Waals surface area contributed by atoms with Gasteiger partial charge in [-0.05, 0) is 66.9 Å². The summed E-state index contributed by atoms with van der Waals surface area (Å²) in [6.07, 6.45) is 1.67. The predicted molar refractivity (Wildman–Crippen MR) is 126 cm³/mol.